The number of pyridine rings is 1. The summed E-state index contributed by atoms with van der Waals surface area (Å²) in [7, 11) is 0. The lowest BCUT2D eigenvalue weighted by atomic mass is 9.86. The van der Waals surface area contributed by atoms with Crippen LogP contribution in [0.25, 0.3) is 0 Å². The Balaban J connectivity index is 2.93. The van der Waals surface area contributed by atoms with E-state index in [4.69, 9.17) is 5.11 Å². The largest absolute Gasteiger partial charge is 0.480 e. The van der Waals surface area contributed by atoms with E-state index < -0.39 is 28.9 Å². The van der Waals surface area contributed by atoms with Crippen molar-refractivity contribution in [3.8, 4) is 0 Å². The molecule has 0 aliphatic carbocycles. The molecule has 0 radical (unpaired) electrons. The Morgan fingerprint density at radius 1 is 1.33 bits per heavy atom. The summed E-state index contributed by atoms with van der Waals surface area (Å²) >= 11 is 0. The van der Waals surface area contributed by atoms with Gasteiger partial charge in [0.2, 0.25) is 5.56 Å². The molecule has 18 heavy (non-hydrogen) atoms. The second-order valence-corrected chi connectivity index (χ2v) is 5.04. The summed E-state index contributed by atoms with van der Waals surface area (Å²) in [6.07, 6.45) is 0. The van der Waals surface area contributed by atoms with E-state index in [0.717, 1.165) is 0 Å². The van der Waals surface area contributed by atoms with Crippen molar-refractivity contribution in [1.82, 2.24) is 10.3 Å². The molecule has 6 nitrogen and oxygen atoms in total. The van der Waals surface area contributed by atoms with E-state index in [0.29, 0.717) is 0 Å². The molecule has 1 unspecified atom stereocenters. The summed E-state index contributed by atoms with van der Waals surface area (Å²) in [6.45, 7) is 5.12. The van der Waals surface area contributed by atoms with E-state index in [1.807, 2.05) is 0 Å². The number of rotatable bonds is 3. The molecular formula is C12H16N2O4. The molecule has 1 rings (SSSR count). The minimum absolute atomic E-state index is 0.0398. The fourth-order valence-electron chi connectivity index (χ4n) is 1.44. The van der Waals surface area contributed by atoms with E-state index in [9.17, 15) is 14.4 Å². The van der Waals surface area contributed by atoms with Crippen LogP contribution in [0.5, 0.6) is 0 Å². The highest BCUT2D eigenvalue weighted by molar-refractivity contribution is 5.95. The van der Waals surface area contributed by atoms with Crippen molar-refractivity contribution in [3.63, 3.8) is 0 Å². The molecule has 0 fully saturated rings. The highest BCUT2D eigenvalue weighted by Crippen LogP contribution is 2.19. The summed E-state index contributed by atoms with van der Waals surface area (Å²) in [5.74, 6) is -1.73. The van der Waals surface area contributed by atoms with Gasteiger partial charge in [0.05, 0.1) is 0 Å². The first-order valence-corrected chi connectivity index (χ1v) is 5.45. The fourth-order valence-corrected chi connectivity index (χ4v) is 1.44. The molecule has 98 valence electrons. The first-order chi connectivity index (χ1) is 8.21. The predicted octanol–water partition coefficient (Wildman–Crippen LogP) is 0.604. The van der Waals surface area contributed by atoms with Gasteiger partial charge in [0.15, 0.2) is 0 Å². The van der Waals surface area contributed by atoms with Crippen molar-refractivity contribution < 1.29 is 14.7 Å². The maximum Gasteiger partial charge on any atom is 0.326 e. The van der Waals surface area contributed by atoms with Crippen molar-refractivity contribution in [2.24, 2.45) is 5.41 Å². The summed E-state index contributed by atoms with van der Waals surface area (Å²) < 4.78 is 0. The molecule has 0 bridgehead atoms. The van der Waals surface area contributed by atoms with Gasteiger partial charge in [-0.3, -0.25) is 9.59 Å². The van der Waals surface area contributed by atoms with Crippen molar-refractivity contribution in [2.75, 3.05) is 0 Å². The zero-order valence-corrected chi connectivity index (χ0v) is 10.5. The Labute approximate surface area is 104 Å². The number of carbonyl (C=O) groups is 2. The number of hydrogen-bond acceptors (Lipinski definition) is 3. The Hall–Kier alpha value is -2.11. The Bertz CT molecular complexity index is 513. The van der Waals surface area contributed by atoms with E-state index in [1.165, 1.54) is 18.2 Å². The van der Waals surface area contributed by atoms with Gasteiger partial charge in [-0.15, -0.1) is 0 Å². The number of aromatic amines is 1. The van der Waals surface area contributed by atoms with Gasteiger partial charge in [-0.05, 0) is 11.5 Å². The number of aromatic nitrogens is 1. The molecule has 0 saturated carbocycles. The summed E-state index contributed by atoms with van der Waals surface area (Å²) in [4.78, 5) is 36.3. The number of H-pyrrole nitrogens is 1. The van der Waals surface area contributed by atoms with Crippen LogP contribution in [0.15, 0.2) is 23.0 Å². The molecule has 1 heterocycles. The standard InChI is InChI=1S/C12H16N2O4/c1-12(2,3)9(11(17)18)14-10(16)7-5-4-6-8(15)13-7/h4-6,9H,1-3H3,(H,13,15)(H,14,16)(H,17,18). The molecule has 1 aromatic rings. The van der Waals surface area contributed by atoms with Gasteiger partial charge in [0.25, 0.3) is 5.91 Å². The van der Waals surface area contributed by atoms with Crippen LogP contribution in [-0.2, 0) is 4.79 Å². The van der Waals surface area contributed by atoms with Gasteiger partial charge in [0.1, 0.15) is 11.7 Å². The Morgan fingerprint density at radius 2 is 1.94 bits per heavy atom. The number of carboxylic acids is 1. The van der Waals surface area contributed by atoms with Gasteiger partial charge in [-0.2, -0.15) is 0 Å². The summed E-state index contributed by atoms with van der Waals surface area (Å²) in [5, 5.41) is 11.5. The number of amides is 1. The van der Waals surface area contributed by atoms with Gasteiger partial charge in [-0.1, -0.05) is 26.8 Å². The highest BCUT2D eigenvalue weighted by Gasteiger charge is 2.32. The van der Waals surface area contributed by atoms with E-state index >= 15 is 0 Å². The molecule has 0 aliphatic rings. The second-order valence-electron chi connectivity index (χ2n) is 5.04. The van der Waals surface area contributed by atoms with Crippen LogP contribution in [0.4, 0.5) is 0 Å². The smallest absolute Gasteiger partial charge is 0.326 e. The normalized spacial score (nSPS) is 12.8. The molecular weight excluding hydrogens is 236 g/mol. The second kappa shape index (κ2) is 5.03. The van der Waals surface area contributed by atoms with E-state index in [-0.39, 0.29) is 5.69 Å². The first kappa shape index (κ1) is 14.0. The van der Waals surface area contributed by atoms with Gasteiger partial charge < -0.3 is 15.4 Å². The van der Waals surface area contributed by atoms with Gasteiger partial charge in [0, 0.05) is 6.07 Å². The van der Waals surface area contributed by atoms with Crippen LogP contribution in [0, 0.1) is 5.41 Å². The van der Waals surface area contributed by atoms with Crippen LogP contribution < -0.4 is 10.9 Å². The Morgan fingerprint density at radius 3 is 2.39 bits per heavy atom. The zero-order chi connectivity index (χ0) is 13.9. The zero-order valence-electron chi connectivity index (χ0n) is 10.5. The van der Waals surface area contributed by atoms with Crippen molar-refractivity contribution in [3.05, 3.63) is 34.2 Å². The van der Waals surface area contributed by atoms with Crippen molar-refractivity contribution in [1.29, 1.82) is 0 Å². The maximum atomic E-state index is 11.8. The van der Waals surface area contributed by atoms with Crippen LogP contribution in [0.3, 0.4) is 0 Å². The lowest BCUT2D eigenvalue weighted by Gasteiger charge is -2.27. The van der Waals surface area contributed by atoms with Gasteiger partial charge in [-0.25, -0.2) is 4.79 Å². The third kappa shape index (κ3) is 3.44. The maximum absolute atomic E-state index is 11.8. The van der Waals surface area contributed by atoms with Crippen molar-refractivity contribution >= 4 is 11.9 Å². The number of nitrogens with one attached hydrogen (secondary N) is 2. The molecule has 1 amide bonds. The molecule has 3 N–H and O–H groups in total. The van der Waals surface area contributed by atoms with Gasteiger partial charge >= 0.3 is 5.97 Å². The topological polar surface area (TPSA) is 99.3 Å². The van der Waals surface area contributed by atoms with Crippen LogP contribution in [0.1, 0.15) is 31.3 Å². The molecule has 0 spiro atoms. The van der Waals surface area contributed by atoms with Crippen molar-refractivity contribution in [2.45, 2.75) is 26.8 Å². The summed E-state index contributed by atoms with van der Waals surface area (Å²) in [5.41, 5.74) is -1.00. The molecule has 0 aliphatic heterocycles. The quantitative estimate of drug-likeness (QED) is 0.733. The minimum atomic E-state index is -1.12. The molecule has 1 atom stereocenters. The average molecular weight is 252 g/mol. The predicted molar refractivity (Wildman–Crippen MR) is 65.4 cm³/mol. The van der Waals surface area contributed by atoms with Crippen LogP contribution >= 0.6 is 0 Å². The fraction of sp³-hybridized carbons (Fsp3) is 0.417. The summed E-state index contributed by atoms with van der Waals surface area (Å²) in [6, 6.07) is 3.09. The number of hydrogen-bond donors (Lipinski definition) is 3. The molecule has 1 aromatic heterocycles. The van der Waals surface area contributed by atoms with Crippen LogP contribution in [-0.4, -0.2) is 28.0 Å². The molecule has 0 aromatic carbocycles. The Kier molecular flexibility index (Phi) is 3.90. The average Bonchev–Trinajstić information content (AvgIpc) is 2.23. The third-order valence-corrected chi connectivity index (χ3v) is 2.40. The lowest BCUT2D eigenvalue weighted by Crippen LogP contribution is -2.49. The first-order valence-electron chi connectivity index (χ1n) is 5.45. The monoisotopic (exact) mass is 252 g/mol. The number of carbonyl (C=O) groups excluding carboxylic acids is 1. The SMILES string of the molecule is CC(C)(C)C(NC(=O)c1cccc(=O)[nH]1)C(=O)O. The van der Waals surface area contributed by atoms with E-state index in [1.54, 1.807) is 20.8 Å². The number of aliphatic carboxylic acids is 1. The number of carboxylic acid groups (broad SMARTS) is 1. The molecule has 6 heteroatoms. The molecule has 0 saturated heterocycles. The lowest BCUT2D eigenvalue weighted by molar-refractivity contribution is -0.142. The highest BCUT2D eigenvalue weighted by atomic mass is 16.4. The minimum Gasteiger partial charge on any atom is -0.480 e. The van der Waals surface area contributed by atoms with E-state index in [2.05, 4.69) is 10.3 Å². The third-order valence-electron chi connectivity index (χ3n) is 2.40. The van der Waals surface area contributed by atoms with Crippen LogP contribution in [0.2, 0.25) is 0 Å².